The number of amidine groups is 1. The number of amides is 3. The molecular formula is C22H25FN5O2+. The van der Waals surface area contributed by atoms with Crippen LogP contribution in [0.1, 0.15) is 55.4 Å². The van der Waals surface area contributed by atoms with Crippen molar-refractivity contribution in [1.82, 2.24) is 14.4 Å². The van der Waals surface area contributed by atoms with E-state index in [1.807, 2.05) is 17.7 Å². The number of hydrogen-bond donors (Lipinski definition) is 0. The van der Waals surface area contributed by atoms with Crippen LogP contribution in [0.25, 0.3) is 0 Å². The van der Waals surface area contributed by atoms with Gasteiger partial charge in [0.15, 0.2) is 0 Å². The Kier molecular flexibility index (Phi) is 4.45. The van der Waals surface area contributed by atoms with Crippen LogP contribution in [0.3, 0.4) is 0 Å². The standard InChI is InChI=1S/C22H25FN5O2/c1-14-12-26-18-19(24-21(26)28(14)17-6-4-3-5-7-17)25(2)22(30)27(20(18)29)13-15-8-10-16(23)11-9-15/h8-12,17-18H,3-7,13H2,1-2H3/q+1. The van der Waals surface area contributed by atoms with E-state index >= 15 is 0 Å². The molecule has 156 valence electrons. The molecule has 1 saturated carbocycles. The van der Waals surface area contributed by atoms with Crippen LogP contribution >= 0.6 is 0 Å². The number of likely N-dealkylation sites (N-methyl/N-ethyl adjacent to an activating group) is 1. The van der Waals surface area contributed by atoms with E-state index in [4.69, 9.17) is 4.99 Å². The first-order chi connectivity index (χ1) is 14.5. The van der Waals surface area contributed by atoms with E-state index in [-0.39, 0.29) is 18.3 Å². The Morgan fingerprint density at radius 2 is 1.83 bits per heavy atom. The lowest BCUT2D eigenvalue weighted by Gasteiger charge is -2.33. The number of carbonyl (C=O) groups excluding carboxylic acids is 2. The van der Waals surface area contributed by atoms with E-state index < -0.39 is 12.1 Å². The van der Waals surface area contributed by atoms with Crippen LogP contribution in [0.2, 0.25) is 0 Å². The highest BCUT2D eigenvalue weighted by Gasteiger charge is 2.53. The lowest BCUT2D eigenvalue weighted by atomic mass is 9.95. The van der Waals surface area contributed by atoms with Crippen molar-refractivity contribution in [2.75, 3.05) is 7.05 Å². The molecule has 5 rings (SSSR count). The van der Waals surface area contributed by atoms with E-state index in [2.05, 4.69) is 4.57 Å². The Hall–Kier alpha value is -3.03. The minimum Gasteiger partial charge on any atom is -0.270 e. The average Bonchev–Trinajstić information content (AvgIpc) is 3.26. The van der Waals surface area contributed by atoms with Gasteiger partial charge in [-0.05, 0) is 50.3 Å². The van der Waals surface area contributed by atoms with Crippen molar-refractivity contribution in [2.24, 2.45) is 4.99 Å². The Balaban J connectivity index is 1.50. The summed E-state index contributed by atoms with van der Waals surface area (Å²) in [5.74, 6) is 0.568. The molecule has 2 fully saturated rings. The summed E-state index contributed by atoms with van der Waals surface area (Å²) in [5.41, 5.74) is 1.78. The van der Waals surface area contributed by atoms with Crippen LogP contribution in [-0.2, 0) is 11.3 Å². The van der Waals surface area contributed by atoms with Crippen molar-refractivity contribution < 1.29 is 18.5 Å². The van der Waals surface area contributed by atoms with Crippen LogP contribution in [0.4, 0.5) is 15.1 Å². The number of nitrogens with zero attached hydrogens (tertiary/aromatic N) is 5. The fourth-order valence-electron chi connectivity index (χ4n) is 4.91. The molecular weight excluding hydrogens is 385 g/mol. The van der Waals surface area contributed by atoms with Crippen molar-refractivity contribution in [2.45, 2.75) is 57.7 Å². The molecule has 8 heteroatoms. The molecule has 0 bridgehead atoms. The molecule has 1 saturated heterocycles. The first-order valence-electron chi connectivity index (χ1n) is 10.5. The number of benzene rings is 1. The predicted octanol–water partition coefficient (Wildman–Crippen LogP) is 3.41. The van der Waals surface area contributed by atoms with Gasteiger partial charge in [0, 0.05) is 7.05 Å². The first kappa shape index (κ1) is 19.0. The summed E-state index contributed by atoms with van der Waals surface area (Å²) in [6, 6.07) is 5.18. The summed E-state index contributed by atoms with van der Waals surface area (Å²) < 4.78 is 17.4. The highest BCUT2D eigenvalue weighted by Crippen LogP contribution is 2.36. The third-order valence-electron chi connectivity index (χ3n) is 6.44. The summed E-state index contributed by atoms with van der Waals surface area (Å²) in [6.07, 6.45) is 7.85. The Labute approximate surface area is 174 Å². The van der Waals surface area contributed by atoms with Crippen molar-refractivity contribution in [3.63, 3.8) is 0 Å². The van der Waals surface area contributed by atoms with Crippen molar-refractivity contribution in [3.05, 3.63) is 47.5 Å². The molecule has 2 aliphatic heterocycles. The normalized spacial score (nSPS) is 21.7. The molecule has 1 unspecified atom stereocenters. The lowest BCUT2D eigenvalue weighted by molar-refractivity contribution is -0.677. The van der Waals surface area contributed by atoms with Gasteiger partial charge >= 0.3 is 12.0 Å². The molecule has 3 heterocycles. The SMILES string of the molecule is Cc1c[n+]2c(n1C1CCCCC1)N=C1C2C(=O)N(Cc2ccc(F)cc2)C(=O)N1C. The maximum absolute atomic E-state index is 13.4. The molecule has 1 atom stereocenters. The number of fused-ring (bicyclic) bond motifs is 3. The summed E-state index contributed by atoms with van der Waals surface area (Å²) in [4.78, 5) is 33.8. The molecule has 0 N–H and O–H groups in total. The van der Waals surface area contributed by atoms with Gasteiger partial charge < -0.3 is 0 Å². The highest BCUT2D eigenvalue weighted by atomic mass is 19.1. The zero-order valence-corrected chi connectivity index (χ0v) is 17.2. The fourth-order valence-corrected chi connectivity index (χ4v) is 4.91. The maximum atomic E-state index is 13.4. The van der Waals surface area contributed by atoms with Crippen LogP contribution in [0.15, 0.2) is 35.5 Å². The van der Waals surface area contributed by atoms with Gasteiger partial charge in [-0.1, -0.05) is 23.5 Å². The largest absolute Gasteiger partial charge is 0.402 e. The topological polar surface area (TPSA) is 61.8 Å². The average molecular weight is 410 g/mol. The molecule has 1 aromatic heterocycles. The molecule has 3 amide bonds. The lowest BCUT2D eigenvalue weighted by Crippen LogP contribution is -2.62. The van der Waals surface area contributed by atoms with Gasteiger partial charge in [-0.2, -0.15) is 0 Å². The monoisotopic (exact) mass is 410 g/mol. The van der Waals surface area contributed by atoms with Gasteiger partial charge in [0.1, 0.15) is 17.7 Å². The first-order valence-corrected chi connectivity index (χ1v) is 10.5. The molecule has 2 aromatic rings. The van der Waals surface area contributed by atoms with Crippen molar-refractivity contribution in [1.29, 1.82) is 0 Å². The van der Waals surface area contributed by atoms with Gasteiger partial charge in [0.05, 0.1) is 12.6 Å². The van der Waals surface area contributed by atoms with E-state index in [1.54, 1.807) is 19.2 Å². The number of urea groups is 1. The van der Waals surface area contributed by atoms with Crippen LogP contribution in [0, 0.1) is 12.7 Å². The Morgan fingerprint density at radius 3 is 2.53 bits per heavy atom. The third kappa shape index (κ3) is 2.85. The van der Waals surface area contributed by atoms with E-state index in [0.29, 0.717) is 17.4 Å². The van der Waals surface area contributed by atoms with E-state index in [0.717, 1.165) is 24.5 Å². The van der Waals surface area contributed by atoms with Crippen molar-refractivity contribution in [3.8, 4) is 0 Å². The van der Waals surface area contributed by atoms with Crippen LogP contribution in [-0.4, -0.2) is 39.2 Å². The molecule has 1 aliphatic carbocycles. The maximum Gasteiger partial charge on any atom is 0.402 e. The minimum atomic E-state index is -0.647. The summed E-state index contributed by atoms with van der Waals surface area (Å²) in [7, 11) is 1.66. The zero-order chi connectivity index (χ0) is 21.0. The van der Waals surface area contributed by atoms with Gasteiger partial charge in [0.25, 0.3) is 5.91 Å². The second-order valence-corrected chi connectivity index (χ2v) is 8.40. The molecule has 0 radical (unpaired) electrons. The summed E-state index contributed by atoms with van der Waals surface area (Å²) >= 11 is 0. The Morgan fingerprint density at radius 1 is 1.13 bits per heavy atom. The summed E-state index contributed by atoms with van der Waals surface area (Å²) in [6.45, 7) is 2.15. The number of imide groups is 1. The minimum absolute atomic E-state index is 0.101. The smallest absolute Gasteiger partial charge is 0.270 e. The number of rotatable bonds is 3. The van der Waals surface area contributed by atoms with Gasteiger partial charge in [-0.15, -0.1) is 0 Å². The second kappa shape index (κ2) is 7.04. The van der Waals surface area contributed by atoms with Gasteiger partial charge in [-0.25, -0.2) is 18.3 Å². The number of aryl methyl sites for hydroxylation is 1. The highest BCUT2D eigenvalue weighted by molar-refractivity contribution is 6.19. The second-order valence-electron chi connectivity index (χ2n) is 8.40. The van der Waals surface area contributed by atoms with Crippen molar-refractivity contribution >= 4 is 23.7 Å². The molecule has 1 aromatic carbocycles. The zero-order valence-electron chi connectivity index (χ0n) is 17.2. The Bertz CT molecular complexity index is 1050. The molecule has 7 nitrogen and oxygen atoms in total. The number of halogens is 1. The van der Waals surface area contributed by atoms with Gasteiger partial charge in [0.2, 0.25) is 11.9 Å². The van der Waals surface area contributed by atoms with Crippen LogP contribution in [0.5, 0.6) is 0 Å². The third-order valence-corrected chi connectivity index (χ3v) is 6.44. The number of carbonyl (C=O) groups is 2. The predicted molar refractivity (Wildman–Crippen MR) is 108 cm³/mol. The number of hydrogen-bond acceptors (Lipinski definition) is 3. The number of imidazole rings is 1. The molecule has 0 spiro atoms. The fraction of sp³-hybridized carbons (Fsp3) is 0.455. The quantitative estimate of drug-likeness (QED) is 0.728. The van der Waals surface area contributed by atoms with Crippen LogP contribution < -0.4 is 4.57 Å². The molecule has 3 aliphatic rings. The molecule has 30 heavy (non-hydrogen) atoms. The van der Waals surface area contributed by atoms with Gasteiger partial charge in [-0.3, -0.25) is 14.6 Å². The number of aliphatic imine (C=N–C) groups is 1. The number of aromatic nitrogens is 2. The van der Waals surface area contributed by atoms with E-state index in [1.165, 1.54) is 41.2 Å². The van der Waals surface area contributed by atoms with E-state index in [9.17, 15) is 14.0 Å². The summed E-state index contributed by atoms with van der Waals surface area (Å²) in [5, 5.41) is 0.